The first kappa shape index (κ1) is 20.3. The van der Waals surface area contributed by atoms with Crippen molar-refractivity contribution in [2.75, 3.05) is 6.61 Å². The lowest BCUT2D eigenvalue weighted by Gasteiger charge is -2.20. The van der Waals surface area contributed by atoms with Gasteiger partial charge >= 0.3 is 12.1 Å². The lowest BCUT2D eigenvalue weighted by Crippen LogP contribution is -2.25. The van der Waals surface area contributed by atoms with Crippen LogP contribution in [0.25, 0.3) is 0 Å². The van der Waals surface area contributed by atoms with Crippen LogP contribution in [0, 0.1) is 0 Å². The van der Waals surface area contributed by atoms with Crippen molar-refractivity contribution in [2.45, 2.75) is 32.1 Å². The minimum atomic E-state index is -4.40. The predicted octanol–water partition coefficient (Wildman–Crippen LogP) is 5.14. The van der Waals surface area contributed by atoms with Gasteiger partial charge in [0.15, 0.2) is 0 Å². The van der Waals surface area contributed by atoms with Crippen molar-refractivity contribution >= 4 is 17.6 Å². The SMILES string of the molecule is CCOC(=O)CC(NCc1cccc(C(F)(F)F)c1)c1ccccc1Cl. The molecule has 0 aliphatic carbocycles. The van der Waals surface area contributed by atoms with E-state index < -0.39 is 23.8 Å². The van der Waals surface area contributed by atoms with Crippen LogP contribution in [0.3, 0.4) is 0 Å². The summed E-state index contributed by atoms with van der Waals surface area (Å²) in [5, 5.41) is 3.58. The number of nitrogens with one attached hydrogen (secondary N) is 1. The molecule has 0 bridgehead atoms. The topological polar surface area (TPSA) is 38.3 Å². The molecule has 0 aromatic heterocycles. The zero-order valence-electron chi connectivity index (χ0n) is 14.1. The second-order valence-corrected chi connectivity index (χ2v) is 6.07. The molecule has 0 saturated carbocycles. The molecule has 140 valence electrons. The van der Waals surface area contributed by atoms with Gasteiger partial charge in [0, 0.05) is 17.6 Å². The Balaban J connectivity index is 2.17. The van der Waals surface area contributed by atoms with Gasteiger partial charge in [-0.3, -0.25) is 4.79 Å². The van der Waals surface area contributed by atoms with E-state index in [4.69, 9.17) is 16.3 Å². The molecule has 0 spiro atoms. The number of benzene rings is 2. The summed E-state index contributed by atoms with van der Waals surface area (Å²) >= 11 is 6.21. The Morgan fingerprint density at radius 2 is 1.92 bits per heavy atom. The van der Waals surface area contributed by atoms with Gasteiger partial charge in [-0.2, -0.15) is 13.2 Å². The molecule has 0 fully saturated rings. The molecule has 0 aliphatic heterocycles. The molecule has 0 amide bonds. The van der Waals surface area contributed by atoms with Crippen molar-refractivity contribution < 1.29 is 22.7 Å². The van der Waals surface area contributed by atoms with E-state index in [-0.39, 0.29) is 19.6 Å². The number of alkyl halides is 3. The summed E-state index contributed by atoms with van der Waals surface area (Å²) in [5.41, 5.74) is 0.436. The van der Waals surface area contributed by atoms with E-state index in [9.17, 15) is 18.0 Å². The number of halogens is 4. The number of esters is 1. The number of carbonyl (C=O) groups is 1. The summed E-state index contributed by atoms with van der Waals surface area (Å²) < 4.78 is 43.5. The maximum absolute atomic E-state index is 12.8. The molecule has 2 rings (SSSR count). The molecule has 0 heterocycles. The second kappa shape index (κ2) is 9.05. The van der Waals surface area contributed by atoms with E-state index in [1.165, 1.54) is 6.07 Å². The molecule has 0 aliphatic rings. The van der Waals surface area contributed by atoms with Crippen LogP contribution in [0.2, 0.25) is 5.02 Å². The zero-order valence-corrected chi connectivity index (χ0v) is 14.9. The highest BCUT2D eigenvalue weighted by molar-refractivity contribution is 6.31. The number of carbonyl (C=O) groups excluding carboxylic acids is 1. The Morgan fingerprint density at radius 1 is 1.19 bits per heavy atom. The average Bonchev–Trinajstić information content (AvgIpc) is 2.59. The van der Waals surface area contributed by atoms with Gasteiger partial charge in [-0.25, -0.2) is 0 Å². The molecular formula is C19H19ClF3NO2. The van der Waals surface area contributed by atoms with Gasteiger partial charge in [-0.15, -0.1) is 0 Å². The molecule has 2 aromatic rings. The molecule has 3 nitrogen and oxygen atoms in total. The second-order valence-electron chi connectivity index (χ2n) is 5.66. The fourth-order valence-electron chi connectivity index (χ4n) is 2.54. The number of hydrogen-bond acceptors (Lipinski definition) is 3. The van der Waals surface area contributed by atoms with Gasteiger partial charge in [0.25, 0.3) is 0 Å². The molecule has 1 unspecified atom stereocenters. The Labute approximate surface area is 155 Å². The van der Waals surface area contributed by atoms with Crippen molar-refractivity contribution in [3.8, 4) is 0 Å². The van der Waals surface area contributed by atoms with E-state index in [2.05, 4.69) is 5.32 Å². The lowest BCUT2D eigenvalue weighted by molar-refractivity contribution is -0.143. The third-order valence-electron chi connectivity index (χ3n) is 3.76. The monoisotopic (exact) mass is 385 g/mol. The molecule has 0 radical (unpaired) electrons. The van der Waals surface area contributed by atoms with Gasteiger partial charge in [0.05, 0.1) is 18.6 Å². The van der Waals surface area contributed by atoms with E-state index in [0.29, 0.717) is 16.1 Å². The maximum Gasteiger partial charge on any atom is 0.416 e. The molecule has 7 heteroatoms. The van der Waals surface area contributed by atoms with Crippen LogP contribution in [0.4, 0.5) is 13.2 Å². The van der Waals surface area contributed by atoms with Crippen molar-refractivity contribution in [3.63, 3.8) is 0 Å². The number of hydrogen-bond donors (Lipinski definition) is 1. The van der Waals surface area contributed by atoms with Gasteiger partial charge in [0.2, 0.25) is 0 Å². The molecule has 1 N–H and O–H groups in total. The molecule has 1 atom stereocenters. The third-order valence-corrected chi connectivity index (χ3v) is 4.11. The predicted molar refractivity (Wildman–Crippen MR) is 93.7 cm³/mol. The van der Waals surface area contributed by atoms with Gasteiger partial charge in [-0.05, 0) is 30.2 Å². The first-order chi connectivity index (χ1) is 12.3. The average molecular weight is 386 g/mol. The van der Waals surface area contributed by atoms with Crippen LogP contribution in [0.15, 0.2) is 48.5 Å². The Morgan fingerprint density at radius 3 is 2.58 bits per heavy atom. The minimum Gasteiger partial charge on any atom is -0.466 e. The van der Waals surface area contributed by atoms with Crippen LogP contribution in [-0.2, 0) is 22.3 Å². The summed E-state index contributed by atoms with van der Waals surface area (Å²) in [6, 6.07) is 11.6. The Hall–Kier alpha value is -2.05. The van der Waals surface area contributed by atoms with Crippen molar-refractivity contribution in [3.05, 3.63) is 70.2 Å². The normalized spacial score (nSPS) is 12.7. The standard InChI is InChI=1S/C19H19ClF3NO2/c1-2-26-18(25)11-17(15-8-3-4-9-16(15)20)24-12-13-6-5-7-14(10-13)19(21,22)23/h3-10,17,24H,2,11-12H2,1H3. The van der Waals surface area contributed by atoms with Crippen LogP contribution < -0.4 is 5.32 Å². The van der Waals surface area contributed by atoms with Gasteiger partial charge in [0.1, 0.15) is 0 Å². The lowest BCUT2D eigenvalue weighted by atomic mass is 10.0. The smallest absolute Gasteiger partial charge is 0.416 e. The van der Waals surface area contributed by atoms with E-state index in [1.807, 2.05) is 0 Å². The summed E-state index contributed by atoms with van der Waals surface area (Å²) in [7, 11) is 0. The van der Waals surface area contributed by atoms with Crippen molar-refractivity contribution in [2.24, 2.45) is 0 Å². The first-order valence-corrected chi connectivity index (χ1v) is 8.48. The largest absolute Gasteiger partial charge is 0.466 e. The molecule has 26 heavy (non-hydrogen) atoms. The van der Waals surface area contributed by atoms with E-state index >= 15 is 0 Å². The quantitative estimate of drug-likeness (QED) is 0.670. The van der Waals surface area contributed by atoms with Crippen LogP contribution in [0.1, 0.15) is 36.1 Å². The third kappa shape index (κ3) is 5.75. The van der Waals surface area contributed by atoms with E-state index in [0.717, 1.165) is 12.1 Å². The summed E-state index contributed by atoms with van der Waals surface area (Å²) in [5.74, 6) is -0.408. The summed E-state index contributed by atoms with van der Waals surface area (Å²) in [6.45, 7) is 2.11. The summed E-state index contributed by atoms with van der Waals surface area (Å²) in [6.07, 6.45) is -4.38. The van der Waals surface area contributed by atoms with Crippen LogP contribution in [0.5, 0.6) is 0 Å². The highest BCUT2D eigenvalue weighted by Crippen LogP contribution is 2.30. The summed E-state index contributed by atoms with van der Waals surface area (Å²) in [4.78, 5) is 11.9. The zero-order chi connectivity index (χ0) is 19.2. The molecule has 0 saturated heterocycles. The van der Waals surface area contributed by atoms with Gasteiger partial charge < -0.3 is 10.1 Å². The number of ether oxygens (including phenoxy) is 1. The number of rotatable bonds is 7. The Bertz CT molecular complexity index is 750. The van der Waals surface area contributed by atoms with Crippen molar-refractivity contribution in [1.29, 1.82) is 0 Å². The maximum atomic E-state index is 12.8. The van der Waals surface area contributed by atoms with Gasteiger partial charge in [-0.1, -0.05) is 48.0 Å². The minimum absolute atomic E-state index is 0.0243. The highest BCUT2D eigenvalue weighted by atomic mass is 35.5. The fraction of sp³-hybridized carbons (Fsp3) is 0.316. The Kier molecular flexibility index (Phi) is 7.06. The van der Waals surface area contributed by atoms with Crippen molar-refractivity contribution in [1.82, 2.24) is 5.32 Å². The first-order valence-electron chi connectivity index (χ1n) is 8.10. The van der Waals surface area contributed by atoms with Crippen LogP contribution in [-0.4, -0.2) is 12.6 Å². The van der Waals surface area contributed by atoms with E-state index in [1.54, 1.807) is 37.3 Å². The van der Waals surface area contributed by atoms with Crippen LogP contribution >= 0.6 is 11.6 Å². The molecule has 2 aromatic carbocycles. The fourth-order valence-corrected chi connectivity index (χ4v) is 2.80. The highest BCUT2D eigenvalue weighted by Gasteiger charge is 2.30. The molecular weight excluding hydrogens is 367 g/mol.